The van der Waals surface area contributed by atoms with Crippen molar-refractivity contribution in [2.75, 3.05) is 10.8 Å². The zero-order valence-corrected chi connectivity index (χ0v) is 25.1. The number of amides is 2. The minimum absolute atomic E-state index is 0.0265. The van der Waals surface area contributed by atoms with E-state index in [0.29, 0.717) is 15.6 Å². The number of hydrogen-bond donors (Lipinski definition) is 1. The molecule has 0 aliphatic heterocycles. The van der Waals surface area contributed by atoms with Crippen LogP contribution < -0.4 is 9.62 Å². The van der Waals surface area contributed by atoms with Crippen LogP contribution in [0, 0.1) is 12.7 Å². The fourth-order valence-corrected chi connectivity index (χ4v) is 6.66. The van der Waals surface area contributed by atoms with Crippen molar-refractivity contribution in [3.05, 3.63) is 93.7 Å². The summed E-state index contributed by atoms with van der Waals surface area (Å²) in [4.78, 5) is 28.6. The molecule has 1 saturated carbocycles. The molecule has 11 heteroatoms. The fourth-order valence-electron chi connectivity index (χ4n) is 4.78. The Balaban J connectivity index is 1.70. The smallest absolute Gasteiger partial charge is 0.264 e. The van der Waals surface area contributed by atoms with E-state index in [9.17, 15) is 22.4 Å². The number of sulfonamides is 1. The monoisotopic (exact) mass is 619 g/mol. The molecule has 1 atom stereocenters. The highest BCUT2D eigenvalue weighted by molar-refractivity contribution is 7.92. The van der Waals surface area contributed by atoms with E-state index in [1.165, 1.54) is 35.2 Å². The lowest BCUT2D eigenvalue weighted by Crippen LogP contribution is -2.52. The highest BCUT2D eigenvalue weighted by atomic mass is 35.5. The van der Waals surface area contributed by atoms with Crippen molar-refractivity contribution < 1.29 is 22.4 Å². The minimum Gasteiger partial charge on any atom is -0.352 e. The van der Waals surface area contributed by atoms with E-state index in [1.54, 1.807) is 31.2 Å². The van der Waals surface area contributed by atoms with Gasteiger partial charge < -0.3 is 10.2 Å². The van der Waals surface area contributed by atoms with Gasteiger partial charge in [-0.15, -0.1) is 0 Å². The van der Waals surface area contributed by atoms with E-state index < -0.39 is 34.3 Å². The lowest BCUT2D eigenvalue weighted by Gasteiger charge is -2.32. The first-order valence-corrected chi connectivity index (χ1v) is 15.5. The van der Waals surface area contributed by atoms with Gasteiger partial charge in [-0.1, -0.05) is 59.8 Å². The van der Waals surface area contributed by atoms with Gasteiger partial charge in [-0.3, -0.25) is 13.9 Å². The summed E-state index contributed by atoms with van der Waals surface area (Å²) in [6.45, 7) is 2.74. The van der Waals surface area contributed by atoms with Gasteiger partial charge >= 0.3 is 0 Å². The molecule has 0 saturated heterocycles. The molecule has 0 unspecified atom stereocenters. The van der Waals surface area contributed by atoms with Crippen LogP contribution >= 0.6 is 23.2 Å². The number of aryl methyl sites for hydroxylation is 1. The summed E-state index contributed by atoms with van der Waals surface area (Å²) < 4.78 is 42.3. The molecule has 7 nitrogen and oxygen atoms in total. The molecule has 1 aliphatic carbocycles. The molecule has 218 valence electrons. The maximum Gasteiger partial charge on any atom is 0.264 e. The number of carbonyl (C=O) groups excluding carboxylic acids is 2. The quantitative estimate of drug-likeness (QED) is 0.296. The first kappa shape index (κ1) is 30.8. The summed E-state index contributed by atoms with van der Waals surface area (Å²) in [6, 6.07) is 15.0. The second-order valence-corrected chi connectivity index (χ2v) is 12.9. The van der Waals surface area contributed by atoms with E-state index >= 15 is 0 Å². The van der Waals surface area contributed by atoms with Crippen LogP contribution in [0.1, 0.15) is 43.7 Å². The van der Waals surface area contributed by atoms with Crippen molar-refractivity contribution in [1.82, 2.24) is 10.2 Å². The second kappa shape index (κ2) is 13.2. The third kappa shape index (κ3) is 7.58. The topological polar surface area (TPSA) is 86.8 Å². The minimum atomic E-state index is -4.24. The van der Waals surface area contributed by atoms with Crippen LogP contribution in [0.4, 0.5) is 10.1 Å². The molecule has 1 N–H and O–H groups in total. The van der Waals surface area contributed by atoms with Crippen LogP contribution in [-0.4, -0.2) is 43.8 Å². The highest BCUT2D eigenvalue weighted by Crippen LogP contribution is 2.27. The summed E-state index contributed by atoms with van der Waals surface area (Å²) in [5.41, 5.74) is 1.51. The number of benzene rings is 3. The van der Waals surface area contributed by atoms with Gasteiger partial charge in [0.25, 0.3) is 10.0 Å². The van der Waals surface area contributed by atoms with Crippen LogP contribution in [0.25, 0.3) is 0 Å². The molecule has 3 aromatic rings. The van der Waals surface area contributed by atoms with Crippen molar-refractivity contribution in [1.29, 1.82) is 0 Å². The van der Waals surface area contributed by atoms with Crippen molar-refractivity contribution in [3.63, 3.8) is 0 Å². The number of anilines is 1. The Hall–Kier alpha value is -3.14. The number of carbonyl (C=O) groups is 2. The molecule has 3 aromatic carbocycles. The molecular weight excluding hydrogens is 588 g/mol. The Labute approximate surface area is 250 Å². The van der Waals surface area contributed by atoms with E-state index in [0.717, 1.165) is 47.7 Å². The van der Waals surface area contributed by atoms with Gasteiger partial charge in [0.2, 0.25) is 11.8 Å². The first-order chi connectivity index (χ1) is 19.5. The predicted octanol–water partition coefficient (Wildman–Crippen LogP) is 6.11. The molecule has 0 heterocycles. The Morgan fingerprint density at radius 2 is 1.63 bits per heavy atom. The summed E-state index contributed by atoms with van der Waals surface area (Å²) in [7, 11) is -4.24. The Bertz CT molecular complexity index is 1500. The molecule has 0 aromatic heterocycles. The zero-order chi connectivity index (χ0) is 29.7. The summed E-state index contributed by atoms with van der Waals surface area (Å²) in [6.07, 6.45) is 3.77. The number of nitrogens with zero attached hydrogens (tertiary/aromatic N) is 2. The SMILES string of the molecule is Cc1ccc(S(=O)(=O)N(CC(=O)N(Cc2ccc(Cl)cc2Cl)[C@@H](C)C(=O)NC2CCCC2)c2ccc(F)cc2)cc1. The van der Waals surface area contributed by atoms with Crippen molar-refractivity contribution in [2.45, 2.75) is 63.1 Å². The number of nitrogens with one attached hydrogen (secondary N) is 1. The molecule has 0 bridgehead atoms. The molecular formula is C30H32Cl2FN3O4S. The Morgan fingerprint density at radius 1 is 1.00 bits per heavy atom. The highest BCUT2D eigenvalue weighted by Gasteiger charge is 2.33. The molecule has 41 heavy (non-hydrogen) atoms. The Morgan fingerprint density at radius 3 is 2.24 bits per heavy atom. The second-order valence-electron chi connectivity index (χ2n) is 10.2. The lowest BCUT2D eigenvalue weighted by atomic mass is 10.1. The number of rotatable bonds is 10. The van der Waals surface area contributed by atoms with Crippen molar-refractivity contribution in [3.8, 4) is 0 Å². The zero-order valence-electron chi connectivity index (χ0n) is 22.8. The molecule has 1 aliphatic rings. The standard InChI is InChI=1S/C30H32Cl2FN3O4S/c1-20-7-15-27(16-8-20)41(39,40)36(26-13-11-24(33)12-14-26)19-29(37)35(18-22-9-10-23(31)17-28(22)32)21(2)30(38)34-25-5-3-4-6-25/h7-17,21,25H,3-6,18-19H2,1-2H3,(H,34,38)/t21-/m0/s1. The van der Waals surface area contributed by atoms with Gasteiger partial charge in [0, 0.05) is 22.6 Å². The number of hydrogen-bond acceptors (Lipinski definition) is 4. The van der Waals surface area contributed by atoms with E-state index in [4.69, 9.17) is 23.2 Å². The van der Waals surface area contributed by atoms with Gasteiger partial charge in [0.15, 0.2) is 0 Å². The van der Waals surface area contributed by atoms with Crippen LogP contribution in [0.3, 0.4) is 0 Å². The summed E-state index contributed by atoms with van der Waals surface area (Å²) in [5, 5.41) is 3.73. The molecule has 0 spiro atoms. The van der Waals surface area contributed by atoms with E-state index in [1.807, 2.05) is 6.92 Å². The van der Waals surface area contributed by atoms with Crippen LogP contribution in [0.15, 0.2) is 71.6 Å². The molecule has 2 amide bonds. The van der Waals surface area contributed by atoms with Gasteiger partial charge in [-0.2, -0.15) is 0 Å². The molecule has 0 radical (unpaired) electrons. The fraction of sp³-hybridized carbons (Fsp3) is 0.333. The lowest BCUT2D eigenvalue weighted by molar-refractivity contribution is -0.139. The van der Waals surface area contributed by atoms with Crippen molar-refractivity contribution in [2.24, 2.45) is 0 Å². The Kier molecular flexibility index (Phi) is 9.94. The van der Waals surface area contributed by atoms with Gasteiger partial charge in [-0.05, 0) is 80.8 Å². The normalized spacial score (nSPS) is 14.5. The average Bonchev–Trinajstić information content (AvgIpc) is 3.44. The molecule has 1 fully saturated rings. The summed E-state index contributed by atoms with van der Waals surface area (Å²) >= 11 is 12.5. The van der Waals surface area contributed by atoms with Gasteiger partial charge in [0.05, 0.1) is 10.6 Å². The molecule has 4 rings (SSSR count). The first-order valence-electron chi connectivity index (χ1n) is 13.3. The third-order valence-electron chi connectivity index (χ3n) is 7.23. The largest absolute Gasteiger partial charge is 0.352 e. The predicted molar refractivity (Wildman–Crippen MR) is 159 cm³/mol. The van der Waals surface area contributed by atoms with Crippen molar-refractivity contribution >= 4 is 50.7 Å². The van der Waals surface area contributed by atoms with E-state index in [2.05, 4.69) is 5.32 Å². The number of halogens is 3. The van der Waals surface area contributed by atoms with Crippen LogP contribution in [-0.2, 0) is 26.2 Å². The van der Waals surface area contributed by atoms with E-state index in [-0.39, 0.29) is 29.1 Å². The van der Waals surface area contributed by atoms with Crippen LogP contribution in [0.5, 0.6) is 0 Å². The summed E-state index contributed by atoms with van der Waals surface area (Å²) in [5.74, 6) is -1.53. The maximum absolute atomic E-state index is 14.0. The third-order valence-corrected chi connectivity index (χ3v) is 9.60. The van der Waals surface area contributed by atoms with Gasteiger partial charge in [-0.25, -0.2) is 12.8 Å². The van der Waals surface area contributed by atoms with Crippen LogP contribution in [0.2, 0.25) is 10.0 Å². The van der Waals surface area contributed by atoms with Gasteiger partial charge in [0.1, 0.15) is 18.4 Å². The average molecular weight is 621 g/mol. The maximum atomic E-state index is 14.0.